The third-order valence-electron chi connectivity index (χ3n) is 3.81. The summed E-state index contributed by atoms with van der Waals surface area (Å²) in [7, 11) is 0. The Balaban J connectivity index is 1.91. The smallest absolute Gasteiger partial charge is 0.228 e. The molecule has 0 aromatic rings. The van der Waals surface area contributed by atoms with Crippen LogP contribution in [-0.2, 0) is 9.59 Å². The highest BCUT2D eigenvalue weighted by atomic mass is 16.2. The Morgan fingerprint density at radius 1 is 1.47 bits per heavy atom. The van der Waals surface area contributed by atoms with Crippen LogP contribution in [-0.4, -0.2) is 60.4 Å². The van der Waals surface area contributed by atoms with Crippen LogP contribution in [0.3, 0.4) is 0 Å². The summed E-state index contributed by atoms with van der Waals surface area (Å²) in [4.78, 5) is 27.6. The van der Waals surface area contributed by atoms with Crippen LogP contribution < -0.4 is 5.32 Å². The monoisotopic (exact) mass is 239 g/mol. The zero-order valence-electron chi connectivity index (χ0n) is 10.6. The van der Waals surface area contributed by atoms with Crippen LogP contribution in [0.2, 0.25) is 0 Å². The number of rotatable bonds is 2. The van der Waals surface area contributed by atoms with E-state index in [4.69, 9.17) is 0 Å². The number of likely N-dealkylation sites (N-methyl/N-ethyl adjacent to an activating group) is 1. The topological polar surface area (TPSA) is 52.6 Å². The molecule has 0 bridgehead atoms. The number of carbonyl (C=O) groups is 2. The Bertz CT molecular complexity index is 319. The van der Waals surface area contributed by atoms with Crippen molar-refractivity contribution in [3.8, 4) is 0 Å². The Morgan fingerprint density at radius 2 is 2.24 bits per heavy atom. The average molecular weight is 239 g/mol. The van der Waals surface area contributed by atoms with Gasteiger partial charge < -0.3 is 10.2 Å². The fraction of sp³-hybridized carbons (Fsp3) is 0.833. The zero-order valence-corrected chi connectivity index (χ0v) is 10.6. The van der Waals surface area contributed by atoms with Crippen LogP contribution in [0.5, 0.6) is 0 Å². The number of carbonyl (C=O) groups excluding carboxylic acids is 2. The summed E-state index contributed by atoms with van der Waals surface area (Å²) in [5, 5.41) is 2.72. The van der Waals surface area contributed by atoms with E-state index in [1.54, 1.807) is 0 Å². The van der Waals surface area contributed by atoms with E-state index in [-0.39, 0.29) is 17.7 Å². The molecular formula is C12H21N3O2. The number of amides is 2. The van der Waals surface area contributed by atoms with E-state index in [1.165, 1.54) is 0 Å². The molecule has 2 aliphatic heterocycles. The SMILES string of the molecule is CCN1CCN(C(=O)C2CNC(=O)C2)CC1C. The van der Waals surface area contributed by atoms with Crippen molar-refractivity contribution in [1.29, 1.82) is 0 Å². The summed E-state index contributed by atoms with van der Waals surface area (Å²) in [6, 6.07) is 0.419. The van der Waals surface area contributed by atoms with Crippen molar-refractivity contribution in [3.05, 3.63) is 0 Å². The van der Waals surface area contributed by atoms with Crippen molar-refractivity contribution in [2.75, 3.05) is 32.7 Å². The molecular weight excluding hydrogens is 218 g/mol. The van der Waals surface area contributed by atoms with Gasteiger partial charge in [0.15, 0.2) is 0 Å². The molecule has 1 N–H and O–H groups in total. The summed E-state index contributed by atoms with van der Waals surface area (Å²) in [5.41, 5.74) is 0. The van der Waals surface area contributed by atoms with Gasteiger partial charge in [0.2, 0.25) is 11.8 Å². The van der Waals surface area contributed by atoms with E-state index < -0.39 is 0 Å². The molecule has 2 fully saturated rings. The summed E-state index contributed by atoms with van der Waals surface area (Å²) >= 11 is 0. The molecule has 2 aliphatic rings. The summed E-state index contributed by atoms with van der Waals surface area (Å²) in [6.45, 7) is 8.37. The average Bonchev–Trinajstić information content (AvgIpc) is 2.75. The van der Waals surface area contributed by atoms with Crippen molar-refractivity contribution < 1.29 is 9.59 Å². The van der Waals surface area contributed by atoms with Gasteiger partial charge in [0.1, 0.15) is 0 Å². The second-order valence-corrected chi connectivity index (χ2v) is 4.97. The van der Waals surface area contributed by atoms with Crippen molar-refractivity contribution in [1.82, 2.24) is 15.1 Å². The quantitative estimate of drug-likeness (QED) is 0.718. The van der Waals surface area contributed by atoms with Gasteiger partial charge in [0.05, 0.1) is 5.92 Å². The first kappa shape index (κ1) is 12.4. The van der Waals surface area contributed by atoms with E-state index in [2.05, 4.69) is 24.1 Å². The minimum atomic E-state index is -0.136. The Kier molecular flexibility index (Phi) is 3.66. The molecule has 2 unspecified atom stereocenters. The number of nitrogens with zero attached hydrogens (tertiary/aromatic N) is 2. The first-order valence-electron chi connectivity index (χ1n) is 6.41. The first-order valence-corrected chi connectivity index (χ1v) is 6.41. The highest BCUT2D eigenvalue weighted by Gasteiger charge is 2.34. The second kappa shape index (κ2) is 5.04. The number of nitrogens with one attached hydrogen (secondary N) is 1. The fourth-order valence-corrected chi connectivity index (χ4v) is 2.70. The molecule has 0 aromatic carbocycles. The van der Waals surface area contributed by atoms with Crippen LogP contribution in [0.4, 0.5) is 0 Å². The van der Waals surface area contributed by atoms with Gasteiger partial charge in [0, 0.05) is 38.6 Å². The molecule has 0 saturated carbocycles. The Hall–Kier alpha value is -1.10. The predicted octanol–water partition coefficient (Wildman–Crippen LogP) is -0.325. The van der Waals surface area contributed by atoms with E-state index in [0.29, 0.717) is 19.0 Å². The van der Waals surface area contributed by atoms with Gasteiger partial charge in [-0.1, -0.05) is 6.92 Å². The Labute approximate surface area is 102 Å². The summed E-state index contributed by atoms with van der Waals surface area (Å²) in [5.74, 6) is 0.0115. The van der Waals surface area contributed by atoms with Crippen molar-refractivity contribution in [3.63, 3.8) is 0 Å². The van der Waals surface area contributed by atoms with Crippen molar-refractivity contribution in [2.24, 2.45) is 5.92 Å². The number of hydrogen-bond acceptors (Lipinski definition) is 3. The molecule has 96 valence electrons. The van der Waals surface area contributed by atoms with Crippen molar-refractivity contribution in [2.45, 2.75) is 26.3 Å². The highest BCUT2D eigenvalue weighted by Crippen LogP contribution is 2.16. The molecule has 5 nitrogen and oxygen atoms in total. The fourth-order valence-electron chi connectivity index (χ4n) is 2.70. The third-order valence-corrected chi connectivity index (χ3v) is 3.81. The van der Waals surface area contributed by atoms with Gasteiger partial charge in [-0.3, -0.25) is 14.5 Å². The molecule has 2 amide bonds. The summed E-state index contributed by atoms with van der Waals surface area (Å²) in [6.07, 6.45) is 0.362. The standard InChI is InChI=1S/C12H21N3O2/c1-3-14-4-5-15(8-9(14)2)12(17)10-6-11(16)13-7-10/h9-10H,3-8H2,1-2H3,(H,13,16). The van der Waals surface area contributed by atoms with Gasteiger partial charge >= 0.3 is 0 Å². The maximum absolute atomic E-state index is 12.2. The first-order chi connectivity index (χ1) is 8.11. The van der Waals surface area contributed by atoms with Gasteiger partial charge in [-0.15, -0.1) is 0 Å². The maximum Gasteiger partial charge on any atom is 0.228 e. The van der Waals surface area contributed by atoms with E-state index in [0.717, 1.165) is 26.2 Å². The minimum Gasteiger partial charge on any atom is -0.355 e. The molecule has 0 aliphatic carbocycles. The van der Waals surface area contributed by atoms with Crippen LogP contribution >= 0.6 is 0 Å². The van der Waals surface area contributed by atoms with Crippen LogP contribution in [0.15, 0.2) is 0 Å². The maximum atomic E-state index is 12.2. The lowest BCUT2D eigenvalue weighted by Gasteiger charge is -2.40. The van der Waals surface area contributed by atoms with E-state index in [1.807, 2.05) is 4.90 Å². The molecule has 2 heterocycles. The van der Waals surface area contributed by atoms with Gasteiger partial charge in [-0.05, 0) is 13.5 Å². The molecule has 17 heavy (non-hydrogen) atoms. The van der Waals surface area contributed by atoms with Crippen LogP contribution in [0.25, 0.3) is 0 Å². The van der Waals surface area contributed by atoms with Crippen molar-refractivity contribution >= 4 is 11.8 Å². The van der Waals surface area contributed by atoms with Gasteiger partial charge in [0.25, 0.3) is 0 Å². The van der Waals surface area contributed by atoms with Gasteiger partial charge in [-0.2, -0.15) is 0 Å². The largest absolute Gasteiger partial charge is 0.355 e. The molecule has 0 aromatic heterocycles. The lowest BCUT2D eigenvalue weighted by molar-refractivity contribution is -0.138. The van der Waals surface area contributed by atoms with Gasteiger partial charge in [-0.25, -0.2) is 0 Å². The van der Waals surface area contributed by atoms with E-state index >= 15 is 0 Å². The van der Waals surface area contributed by atoms with E-state index in [9.17, 15) is 9.59 Å². The molecule has 2 saturated heterocycles. The van der Waals surface area contributed by atoms with Crippen LogP contribution in [0, 0.1) is 5.92 Å². The normalized spacial score (nSPS) is 30.5. The lowest BCUT2D eigenvalue weighted by atomic mass is 10.1. The molecule has 0 radical (unpaired) electrons. The number of piperazine rings is 1. The predicted molar refractivity (Wildman–Crippen MR) is 64.4 cm³/mol. The van der Waals surface area contributed by atoms with Crippen LogP contribution in [0.1, 0.15) is 20.3 Å². The molecule has 5 heteroatoms. The molecule has 2 atom stereocenters. The lowest BCUT2D eigenvalue weighted by Crippen LogP contribution is -2.54. The Morgan fingerprint density at radius 3 is 2.76 bits per heavy atom. The second-order valence-electron chi connectivity index (χ2n) is 4.97. The summed E-state index contributed by atoms with van der Waals surface area (Å²) < 4.78 is 0. The number of hydrogen-bond donors (Lipinski definition) is 1. The molecule has 0 spiro atoms. The molecule has 2 rings (SSSR count). The minimum absolute atomic E-state index is 0.00333. The third kappa shape index (κ3) is 2.60. The highest BCUT2D eigenvalue weighted by molar-refractivity contribution is 5.89. The zero-order chi connectivity index (χ0) is 12.4.